The summed E-state index contributed by atoms with van der Waals surface area (Å²) in [4.78, 5) is 67.4. The lowest BCUT2D eigenvalue weighted by molar-refractivity contribution is -0.141. The van der Waals surface area contributed by atoms with Crippen molar-refractivity contribution < 1.29 is 37.8 Å². The van der Waals surface area contributed by atoms with E-state index in [2.05, 4.69) is 16.0 Å². The number of carbonyl (C=O) groups is 5. The molecule has 2 bridgehead atoms. The molecule has 5 amide bonds. The monoisotopic (exact) mass is 611 g/mol. The van der Waals surface area contributed by atoms with Crippen LogP contribution >= 0.6 is 0 Å². The average Bonchev–Trinajstić information content (AvgIpc) is 3.01. The normalized spacial score (nSPS) is 20.5. The topological polar surface area (TPSA) is 146 Å². The molecule has 13 heteroatoms. The summed E-state index contributed by atoms with van der Waals surface area (Å²) in [6.45, 7) is 0.727. The highest BCUT2D eigenvalue weighted by Crippen LogP contribution is 2.34. The number of hydrogen-bond donors (Lipinski definition) is 3. The molecule has 2 heterocycles. The summed E-state index contributed by atoms with van der Waals surface area (Å²) in [7, 11) is 2.85. The summed E-state index contributed by atoms with van der Waals surface area (Å²) in [6, 6.07) is 11.2. The minimum absolute atomic E-state index is 0.120. The number of fused-ring (bicyclic) bond motifs is 2. The second kappa shape index (κ2) is 14.8. The maximum Gasteiger partial charge on any atom is 0.252 e. The predicted molar refractivity (Wildman–Crippen MR) is 157 cm³/mol. The first-order chi connectivity index (χ1) is 21.1. The van der Waals surface area contributed by atoms with Crippen LogP contribution in [-0.4, -0.2) is 105 Å². The van der Waals surface area contributed by atoms with Crippen LogP contribution in [0.4, 0.5) is 4.39 Å². The van der Waals surface area contributed by atoms with Gasteiger partial charge in [-0.15, -0.1) is 0 Å². The second-order valence-corrected chi connectivity index (χ2v) is 11.1. The van der Waals surface area contributed by atoms with Gasteiger partial charge in [-0.25, -0.2) is 4.39 Å². The van der Waals surface area contributed by atoms with Crippen LogP contribution < -0.4 is 20.7 Å². The van der Waals surface area contributed by atoms with E-state index in [-0.39, 0.29) is 38.3 Å². The number of likely N-dealkylation sites (N-methyl/N-ethyl adjacent to an activating group) is 2. The smallest absolute Gasteiger partial charge is 0.252 e. The molecular weight excluding hydrogens is 573 g/mol. The van der Waals surface area contributed by atoms with Crippen molar-refractivity contribution in [2.24, 2.45) is 0 Å². The summed E-state index contributed by atoms with van der Waals surface area (Å²) in [5.74, 6) is -2.69. The molecule has 236 valence electrons. The number of nitrogens with zero attached hydrogens (tertiary/aromatic N) is 2. The zero-order valence-corrected chi connectivity index (χ0v) is 24.9. The van der Waals surface area contributed by atoms with Gasteiger partial charge in [0, 0.05) is 44.8 Å². The molecule has 0 saturated carbocycles. The molecule has 4 rings (SSSR count). The van der Waals surface area contributed by atoms with Crippen LogP contribution in [0.3, 0.4) is 0 Å². The number of hydrogen-bond acceptors (Lipinski definition) is 7. The highest BCUT2D eigenvalue weighted by Gasteiger charge is 2.36. The van der Waals surface area contributed by atoms with Gasteiger partial charge in [-0.05, 0) is 48.7 Å². The summed E-state index contributed by atoms with van der Waals surface area (Å²) >= 11 is 0. The first-order valence-electron chi connectivity index (χ1n) is 14.5. The van der Waals surface area contributed by atoms with Gasteiger partial charge >= 0.3 is 0 Å². The number of nitrogens with one attached hydrogen (secondary N) is 3. The molecule has 0 aromatic heterocycles. The molecule has 0 aliphatic carbocycles. The van der Waals surface area contributed by atoms with Crippen molar-refractivity contribution in [2.75, 3.05) is 60.1 Å². The van der Waals surface area contributed by atoms with Gasteiger partial charge in [-0.1, -0.05) is 18.2 Å². The fourth-order valence-corrected chi connectivity index (χ4v) is 5.17. The Labute approximate surface area is 255 Å². The number of benzene rings is 2. The third-order valence-corrected chi connectivity index (χ3v) is 7.88. The van der Waals surface area contributed by atoms with E-state index in [1.807, 2.05) is 6.07 Å². The molecule has 1 saturated heterocycles. The van der Waals surface area contributed by atoms with Crippen molar-refractivity contribution in [1.82, 2.24) is 25.8 Å². The number of rotatable bonds is 4. The average molecular weight is 612 g/mol. The van der Waals surface area contributed by atoms with Crippen LogP contribution in [0.1, 0.15) is 35.2 Å². The Kier molecular flexibility index (Phi) is 10.9. The molecular formula is C31H38FN5O7. The second-order valence-electron chi connectivity index (χ2n) is 11.1. The fourth-order valence-electron chi connectivity index (χ4n) is 5.17. The van der Waals surface area contributed by atoms with Crippen molar-refractivity contribution in [2.45, 2.75) is 30.7 Å². The van der Waals surface area contributed by atoms with Gasteiger partial charge in [0.25, 0.3) is 5.91 Å². The molecule has 1 atom stereocenters. The summed E-state index contributed by atoms with van der Waals surface area (Å²) < 4.78 is 25.4. The van der Waals surface area contributed by atoms with Crippen LogP contribution in [0.2, 0.25) is 0 Å². The SMILES string of the molecule is CN1CC(=O)NCCOc2cccc(c2)C(=O)N[C@H](C(=O)NCC2(c3cccc(F)c3)CCOCC2)CC(=O)N(C)CC1=O. The first-order valence-corrected chi connectivity index (χ1v) is 14.5. The number of carbonyl (C=O) groups excluding carboxylic acids is 5. The fraction of sp³-hybridized carbons (Fsp3) is 0.452. The van der Waals surface area contributed by atoms with E-state index in [9.17, 15) is 28.4 Å². The van der Waals surface area contributed by atoms with E-state index in [0.717, 1.165) is 10.5 Å². The van der Waals surface area contributed by atoms with Crippen molar-refractivity contribution in [3.63, 3.8) is 0 Å². The molecule has 2 aromatic rings. The summed E-state index contributed by atoms with van der Waals surface area (Å²) in [6.07, 6.45) is 0.642. The van der Waals surface area contributed by atoms with Gasteiger partial charge in [-0.2, -0.15) is 0 Å². The van der Waals surface area contributed by atoms with E-state index in [4.69, 9.17) is 9.47 Å². The molecule has 0 unspecified atom stereocenters. The first kappa shape index (κ1) is 32.4. The summed E-state index contributed by atoms with van der Waals surface area (Å²) in [5, 5.41) is 8.21. The number of halogens is 1. The molecule has 44 heavy (non-hydrogen) atoms. The molecule has 2 aliphatic heterocycles. The third-order valence-electron chi connectivity index (χ3n) is 7.88. The molecule has 1 fully saturated rings. The maximum atomic E-state index is 14.2. The number of ether oxygens (including phenoxy) is 2. The Hall–Kier alpha value is -4.52. The Morgan fingerprint density at radius 1 is 0.977 bits per heavy atom. The van der Waals surface area contributed by atoms with E-state index < -0.39 is 53.2 Å². The molecule has 2 aromatic carbocycles. The summed E-state index contributed by atoms with van der Waals surface area (Å²) in [5.41, 5.74) is 0.313. The van der Waals surface area contributed by atoms with Gasteiger partial charge in [0.15, 0.2) is 0 Å². The Bertz CT molecular complexity index is 1380. The minimum Gasteiger partial charge on any atom is -0.492 e. The van der Waals surface area contributed by atoms with Crippen molar-refractivity contribution >= 4 is 29.5 Å². The van der Waals surface area contributed by atoms with Crippen LogP contribution in [0.25, 0.3) is 0 Å². The van der Waals surface area contributed by atoms with Crippen molar-refractivity contribution in [3.8, 4) is 5.75 Å². The van der Waals surface area contributed by atoms with Crippen molar-refractivity contribution in [3.05, 3.63) is 65.5 Å². The molecule has 0 radical (unpaired) electrons. The van der Waals surface area contributed by atoms with E-state index in [1.165, 1.54) is 37.2 Å². The largest absolute Gasteiger partial charge is 0.492 e. The quantitative estimate of drug-likeness (QED) is 0.459. The van der Waals surface area contributed by atoms with Gasteiger partial charge < -0.3 is 35.2 Å². The molecule has 12 nitrogen and oxygen atoms in total. The Morgan fingerprint density at radius 3 is 2.45 bits per heavy atom. The van der Waals surface area contributed by atoms with Crippen LogP contribution in [0, 0.1) is 5.82 Å². The van der Waals surface area contributed by atoms with E-state index in [1.54, 1.807) is 24.3 Å². The van der Waals surface area contributed by atoms with E-state index >= 15 is 0 Å². The molecule has 3 N–H and O–H groups in total. The van der Waals surface area contributed by atoms with Crippen LogP contribution in [0.5, 0.6) is 5.75 Å². The number of amides is 5. The Morgan fingerprint density at radius 2 is 1.70 bits per heavy atom. The lowest BCUT2D eigenvalue weighted by Gasteiger charge is -2.38. The third kappa shape index (κ3) is 8.53. The van der Waals surface area contributed by atoms with E-state index in [0.29, 0.717) is 31.8 Å². The van der Waals surface area contributed by atoms with Gasteiger partial charge in [-0.3, -0.25) is 24.0 Å². The maximum absolute atomic E-state index is 14.2. The lowest BCUT2D eigenvalue weighted by Crippen LogP contribution is -2.53. The zero-order valence-electron chi connectivity index (χ0n) is 24.9. The van der Waals surface area contributed by atoms with Crippen LogP contribution in [-0.2, 0) is 29.3 Å². The standard InChI is InChI=1S/C31H38FN5O7/c1-36-18-26(38)33-11-14-44-24-8-3-5-21(15-24)29(41)35-25(17-27(39)37(2)19-28(36)40)30(42)34-20-31(9-12-43-13-10-31)22-6-4-7-23(32)16-22/h3-8,15-16,25H,9-14,17-20H2,1-2H3,(H,33,38)(H,34,42)(H,35,41)/t25-/m0/s1. The predicted octanol–water partition coefficient (Wildman–Crippen LogP) is 0.604. The highest BCUT2D eigenvalue weighted by atomic mass is 19.1. The molecule has 2 aliphatic rings. The zero-order chi connectivity index (χ0) is 31.7. The lowest BCUT2D eigenvalue weighted by atomic mass is 9.74. The van der Waals surface area contributed by atoms with Crippen LogP contribution in [0.15, 0.2) is 48.5 Å². The highest BCUT2D eigenvalue weighted by molar-refractivity contribution is 5.99. The van der Waals surface area contributed by atoms with Crippen molar-refractivity contribution in [1.29, 1.82) is 0 Å². The van der Waals surface area contributed by atoms with Gasteiger partial charge in [0.1, 0.15) is 24.2 Å². The van der Waals surface area contributed by atoms with Gasteiger partial charge in [0.05, 0.1) is 26.1 Å². The minimum atomic E-state index is -1.29. The Balaban J connectivity index is 1.57. The molecule has 0 spiro atoms. The van der Waals surface area contributed by atoms with Gasteiger partial charge in [0.2, 0.25) is 23.6 Å².